The van der Waals surface area contributed by atoms with Crippen LogP contribution in [0.1, 0.15) is 56.1 Å². The van der Waals surface area contributed by atoms with E-state index in [0.717, 1.165) is 25.2 Å². The maximum atomic E-state index is 10.4. The van der Waals surface area contributed by atoms with Crippen molar-refractivity contribution in [3.05, 3.63) is 29.3 Å². The molecule has 0 bridgehead atoms. The second kappa shape index (κ2) is 7.07. The van der Waals surface area contributed by atoms with Crippen LogP contribution in [0.3, 0.4) is 0 Å². The van der Waals surface area contributed by atoms with Crippen LogP contribution in [0.4, 0.5) is 0 Å². The Morgan fingerprint density at radius 2 is 1.86 bits per heavy atom. The molecule has 0 spiro atoms. The molecular formula is C18H26Na2O2. The van der Waals surface area contributed by atoms with E-state index < -0.39 is 0 Å². The molecule has 0 aliphatic heterocycles. The van der Waals surface area contributed by atoms with Gasteiger partial charge in [0, 0.05) is 0 Å². The third kappa shape index (κ3) is 2.87. The second-order valence-electron chi connectivity index (χ2n) is 7.44. The summed E-state index contributed by atoms with van der Waals surface area (Å²) < 4.78 is 0. The molecule has 2 saturated carbocycles. The maximum absolute atomic E-state index is 10.4. The molecule has 112 valence electrons. The van der Waals surface area contributed by atoms with Gasteiger partial charge in [-0.05, 0) is 85.0 Å². The monoisotopic (exact) mass is 320 g/mol. The molecule has 0 saturated heterocycles. The molecule has 0 heterocycles. The Morgan fingerprint density at radius 1 is 1.09 bits per heavy atom. The van der Waals surface area contributed by atoms with Crippen molar-refractivity contribution in [2.45, 2.75) is 57.5 Å². The van der Waals surface area contributed by atoms with Crippen molar-refractivity contribution in [1.29, 1.82) is 0 Å². The fraction of sp³-hybridized carbons (Fsp3) is 0.667. The van der Waals surface area contributed by atoms with Gasteiger partial charge in [0.05, 0.1) is 6.10 Å². The fourth-order valence-corrected chi connectivity index (χ4v) is 5.54. The number of aliphatic hydroxyl groups is 1. The molecular weight excluding hydrogens is 294 g/mol. The molecule has 2 N–H and O–H groups in total. The quantitative estimate of drug-likeness (QED) is 0.720. The van der Waals surface area contributed by atoms with Crippen LogP contribution in [0, 0.1) is 17.3 Å². The molecule has 5 atom stereocenters. The van der Waals surface area contributed by atoms with Gasteiger partial charge in [-0.15, -0.1) is 0 Å². The van der Waals surface area contributed by atoms with Crippen LogP contribution in [0.2, 0.25) is 0 Å². The summed E-state index contributed by atoms with van der Waals surface area (Å²) in [4.78, 5) is 0. The van der Waals surface area contributed by atoms with Crippen LogP contribution in [0.5, 0.6) is 5.75 Å². The molecule has 4 heteroatoms. The van der Waals surface area contributed by atoms with E-state index in [0.29, 0.717) is 17.6 Å². The average Bonchev–Trinajstić information content (AvgIpc) is 2.74. The number of aromatic hydroxyl groups is 1. The van der Waals surface area contributed by atoms with Crippen molar-refractivity contribution in [1.82, 2.24) is 0 Å². The van der Waals surface area contributed by atoms with Gasteiger partial charge in [-0.3, -0.25) is 0 Å². The van der Waals surface area contributed by atoms with Crippen LogP contribution in [0.25, 0.3) is 0 Å². The minimum absolute atomic E-state index is 0. The van der Waals surface area contributed by atoms with E-state index in [2.05, 4.69) is 13.0 Å². The van der Waals surface area contributed by atoms with Crippen LogP contribution >= 0.6 is 0 Å². The van der Waals surface area contributed by atoms with Gasteiger partial charge in [0.25, 0.3) is 0 Å². The first-order valence-corrected chi connectivity index (χ1v) is 8.09. The molecule has 2 nitrogen and oxygen atoms in total. The first kappa shape index (κ1) is 19.3. The minimum atomic E-state index is -0.0883. The van der Waals surface area contributed by atoms with Crippen LogP contribution in [-0.4, -0.2) is 75.4 Å². The summed E-state index contributed by atoms with van der Waals surface area (Å²) in [5.41, 5.74) is 2.99. The van der Waals surface area contributed by atoms with E-state index in [1.807, 2.05) is 12.1 Å². The zero-order valence-electron chi connectivity index (χ0n) is 12.2. The van der Waals surface area contributed by atoms with Crippen molar-refractivity contribution < 1.29 is 10.2 Å². The van der Waals surface area contributed by atoms with Gasteiger partial charge in [-0.25, -0.2) is 0 Å². The van der Waals surface area contributed by atoms with Crippen molar-refractivity contribution in [2.75, 3.05) is 0 Å². The summed E-state index contributed by atoms with van der Waals surface area (Å²) in [5, 5.41) is 20.0. The normalized spacial score (nSPS) is 38.8. The molecule has 1 aromatic carbocycles. The fourth-order valence-electron chi connectivity index (χ4n) is 5.54. The summed E-state index contributed by atoms with van der Waals surface area (Å²) in [6.45, 7) is 2.32. The zero-order valence-corrected chi connectivity index (χ0v) is 12.2. The van der Waals surface area contributed by atoms with Gasteiger partial charge < -0.3 is 10.2 Å². The molecule has 2 fully saturated rings. The number of benzene rings is 1. The van der Waals surface area contributed by atoms with E-state index in [1.54, 1.807) is 0 Å². The molecule has 4 rings (SSSR count). The Balaban J connectivity index is 0.000000882. The third-order valence-corrected chi connectivity index (χ3v) is 6.66. The van der Waals surface area contributed by atoms with Gasteiger partial charge in [0.2, 0.25) is 0 Å². The Labute approximate surface area is 177 Å². The molecule has 22 heavy (non-hydrogen) atoms. The summed E-state index contributed by atoms with van der Waals surface area (Å²) >= 11 is 0. The van der Waals surface area contributed by atoms with E-state index >= 15 is 0 Å². The van der Waals surface area contributed by atoms with E-state index in [-0.39, 0.29) is 70.6 Å². The SMILES string of the molecule is C[C@]12CC[C@@H]3c4ccc(O)cc4CC[C@H]3[C@@H]1CC[C@H]2O.[NaH].[NaH]. The third-order valence-electron chi connectivity index (χ3n) is 6.66. The molecule has 0 radical (unpaired) electrons. The number of hydrogen-bond acceptors (Lipinski definition) is 2. The zero-order chi connectivity index (χ0) is 13.9. The van der Waals surface area contributed by atoms with Gasteiger partial charge in [0.1, 0.15) is 5.75 Å². The van der Waals surface area contributed by atoms with Crippen molar-refractivity contribution in [3.8, 4) is 5.75 Å². The van der Waals surface area contributed by atoms with E-state index in [4.69, 9.17) is 0 Å². The summed E-state index contributed by atoms with van der Waals surface area (Å²) in [7, 11) is 0. The number of aliphatic hydroxyl groups excluding tert-OH is 1. The number of phenols is 1. The first-order chi connectivity index (χ1) is 9.59. The average molecular weight is 320 g/mol. The standard InChI is InChI=1S/C18H24O2.2Na.2H/c1-18-9-8-14-13-5-3-12(19)10-11(13)2-4-15(14)16(18)6-7-17(18)20;;;;/h3,5,10,14-17,19-20H,2,4,6-9H2,1H3;;;;/t14-,15-,16+,17-,18+;;;;/m1..../s1. The molecule has 0 aromatic heterocycles. The number of rotatable bonds is 0. The summed E-state index contributed by atoms with van der Waals surface area (Å²) in [6, 6.07) is 5.96. The van der Waals surface area contributed by atoms with Crippen molar-refractivity contribution >= 4 is 59.1 Å². The molecule has 3 aliphatic rings. The van der Waals surface area contributed by atoms with Crippen LogP contribution in [-0.2, 0) is 6.42 Å². The predicted molar refractivity (Wildman–Crippen MR) is 93.0 cm³/mol. The van der Waals surface area contributed by atoms with Gasteiger partial charge in [-0.2, -0.15) is 0 Å². The van der Waals surface area contributed by atoms with Crippen molar-refractivity contribution in [3.63, 3.8) is 0 Å². The molecule has 3 aliphatic carbocycles. The molecule has 1 aromatic rings. The Kier molecular flexibility index (Phi) is 6.21. The molecule has 0 unspecified atom stereocenters. The Bertz CT molecular complexity index is 548. The van der Waals surface area contributed by atoms with Crippen LogP contribution < -0.4 is 0 Å². The first-order valence-electron chi connectivity index (χ1n) is 8.09. The van der Waals surface area contributed by atoms with Gasteiger partial charge in [-0.1, -0.05) is 13.0 Å². The van der Waals surface area contributed by atoms with Gasteiger partial charge in [0.15, 0.2) is 0 Å². The molecule has 0 amide bonds. The van der Waals surface area contributed by atoms with Gasteiger partial charge >= 0.3 is 59.1 Å². The van der Waals surface area contributed by atoms with Crippen molar-refractivity contribution in [2.24, 2.45) is 17.3 Å². The Hall–Kier alpha value is 0.980. The summed E-state index contributed by atoms with van der Waals surface area (Å²) in [6.07, 6.45) is 6.78. The predicted octanol–water partition coefficient (Wildman–Crippen LogP) is 2.31. The number of phenolic OH excluding ortho intramolecular Hbond substituents is 1. The topological polar surface area (TPSA) is 40.5 Å². The van der Waals surface area contributed by atoms with Crippen LogP contribution in [0.15, 0.2) is 18.2 Å². The second-order valence-corrected chi connectivity index (χ2v) is 7.44. The number of aryl methyl sites for hydroxylation is 1. The van der Waals surface area contributed by atoms with E-state index in [1.165, 1.54) is 30.4 Å². The van der Waals surface area contributed by atoms with E-state index in [9.17, 15) is 10.2 Å². The Morgan fingerprint density at radius 3 is 2.64 bits per heavy atom. The summed E-state index contributed by atoms with van der Waals surface area (Å²) in [5.74, 6) is 2.49. The number of fused-ring (bicyclic) bond motifs is 5. The number of hydrogen-bond donors (Lipinski definition) is 2.